The SMILES string of the molecule is COC1CN(C(=O)O)CCC1Nc1nc2c(-c3ccc(F)c(F)c3)cccn2n1. The van der Waals surface area contributed by atoms with Gasteiger partial charge in [-0.05, 0) is 36.2 Å². The summed E-state index contributed by atoms with van der Waals surface area (Å²) < 4.78 is 33.9. The molecule has 152 valence electrons. The highest BCUT2D eigenvalue weighted by Gasteiger charge is 2.32. The van der Waals surface area contributed by atoms with Gasteiger partial charge in [-0.25, -0.2) is 18.1 Å². The highest BCUT2D eigenvalue weighted by Crippen LogP contribution is 2.26. The van der Waals surface area contributed by atoms with E-state index in [0.717, 1.165) is 12.1 Å². The monoisotopic (exact) mass is 403 g/mol. The molecule has 0 spiro atoms. The second-order valence-electron chi connectivity index (χ2n) is 6.80. The zero-order chi connectivity index (χ0) is 20.5. The standard InChI is InChI=1S/C19H19F2N5O3/c1-29-16-10-25(19(27)28)8-6-15(16)22-18-23-17-12(3-2-7-26(17)24-18)11-4-5-13(20)14(21)9-11/h2-5,7,9,15-16H,6,8,10H2,1H3,(H,22,24)(H,27,28). The number of hydrogen-bond donors (Lipinski definition) is 2. The van der Waals surface area contributed by atoms with Gasteiger partial charge in [0.2, 0.25) is 5.95 Å². The van der Waals surface area contributed by atoms with Crippen molar-refractivity contribution >= 4 is 17.7 Å². The topological polar surface area (TPSA) is 92.0 Å². The Kier molecular flexibility index (Phi) is 5.01. The second-order valence-corrected chi connectivity index (χ2v) is 6.80. The Morgan fingerprint density at radius 2 is 2.14 bits per heavy atom. The third-order valence-electron chi connectivity index (χ3n) is 5.04. The van der Waals surface area contributed by atoms with Gasteiger partial charge in [0.25, 0.3) is 0 Å². The van der Waals surface area contributed by atoms with Gasteiger partial charge in [0.1, 0.15) is 0 Å². The number of fused-ring (bicyclic) bond motifs is 1. The van der Waals surface area contributed by atoms with E-state index in [9.17, 15) is 18.7 Å². The summed E-state index contributed by atoms with van der Waals surface area (Å²) in [5.41, 5.74) is 1.58. The predicted octanol–water partition coefficient (Wildman–Crippen LogP) is 2.85. The van der Waals surface area contributed by atoms with Gasteiger partial charge in [0, 0.05) is 25.4 Å². The summed E-state index contributed by atoms with van der Waals surface area (Å²) in [6, 6.07) is 7.01. The van der Waals surface area contributed by atoms with Crippen molar-refractivity contribution in [2.24, 2.45) is 0 Å². The Balaban J connectivity index is 1.61. The third kappa shape index (κ3) is 3.70. The highest BCUT2D eigenvalue weighted by molar-refractivity contribution is 5.77. The Bertz CT molecular complexity index is 1060. The van der Waals surface area contributed by atoms with Crippen LogP contribution in [0.5, 0.6) is 0 Å². The van der Waals surface area contributed by atoms with Crippen LogP contribution in [0.1, 0.15) is 6.42 Å². The van der Waals surface area contributed by atoms with Gasteiger partial charge >= 0.3 is 6.09 Å². The average Bonchev–Trinajstić information content (AvgIpc) is 3.12. The van der Waals surface area contributed by atoms with Crippen molar-refractivity contribution < 1.29 is 23.4 Å². The lowest BCUT2D eigenvalue weighted by molar-refractivity contribution is 0.0247. The number of nitrogens with zero attached hydrogens (tertiary/aromatic N) is 4. The van der Waals surface area contributed by atoms with E-state index >= 15 is 0 Å². The van der Waals surface area contributed by atoms with Crippen molar-refractivity contribution in [1.82, 2.24) is 19.5 Å². The van der Waals surface area contributed by atoms with E-state index in [2.05, 4.69) is 15.4 Å². The molecule has 1 fully saturated rings. The van der Waals surface area contributed by atoms with Gasteiger partial charge in [-0.3, -0.25) is 0 Å². The summed E-state index contributed by atoms with van der Waals surface area (Å²) in [6.45, 7) is 0.622. The molecule has 4 rings (SSSR count). The fraction of sp³-hybridized carbons (Fsp3) is 0.316. The first kappa shape index (κ1) is 19.1. The van der Waals surface area contributed by atoms with Crippen LogP contribution >= 0.6 is 0 Å². The van der Waals surface area contributed by atoms with Gasteiger partial charge in [-0.1, -0.05) is 6.07 Å². The summed E-state index contributed by atoms with van der Waals surface area (Å²) in [5.74, 6) is -1.51. The molecule has 2 aromatic heterocycles. The van der Waals surface area contributed by atoms with Crippen molar-refractivity contribution in [1.29, 1.82) is 0 Å². The minimum absolute atomic E-state index is 0.167. The van der Waals surface area contributed by atoms with Crippen LogP contribution in [0.25, 0.3) is 16.8 Å². The molecule has 2 unspecified atom stereocenters. The van der Waals surface area contributed by atoms with Crippen LogP contribution in [0, 0.1) is 11.6 Å². The Hall–Kier alpha value is -3.27. The first-order valence-electron chi connectivity index (χ1n) is 9.04. The number of halogens is 2. The number of pyridine rings is 1. The molecule has 8 nitrogen and oxygen atoms in total. The molecule has 1 amide bonds. The van der Waals surface area contributed by atoms with Crippen molar-refractivity contribution in [3.05, 3.63) is 48.2 Å². The lowest BCUT2D eigenvalue weighted by atomic mass is 10.0. The number of amides is 1. The van der Waals surface area contributed by atoms with E-state index in [1.165, 1.54) is 18.1 Å². The summed E-state index contributed by atoms with van der Waals surface area (Å²) in [4.78, 5) is 17.0. The molecule has 0 saturated carbocycles. The van der Waals surface area contributed by atoms with Crippen molar-refractivity contribution in [3.8, 4) is 11.1 Å². The van der Waals surface area contributed by atoms with E-state index in [4.69, 9.17) is 4.74 Å². The van der Waals surface area contributed by atoms with Crippen molar-refractivity contribution in [2.45, 2.75) is 18.6 Å². The van der Waals surface area contributed by atoms with Crippen LogP contribution in [0.2, 0.25) is 0 Å². The van der Waals surface area contributed by atoms with Crippen molar-refractivity contribution in [2.75, 3.05) is 25.5 Å². The molecular weight excluding hydrogens is 384 g/mol. The molecule has 10 heteroatoms. The van der Waals surface area contributed by atoms with Crippen LogP contribution in [-0.2, 0) is 4.74 Å². The number of anilines is 1. The molecule has 29 heavy (non-hydrogen) atoms. The Labute approximate surface area is 164 Å². The fourth-order valence-corrected chi connectivity index (χ4v) is 3.52. The molecule has 1 aliphatic heterocycles. The van der Waals surface area contributed by atoms with Crippen molar-refractivity contribution in [3.63, 3.8) is 0 Å². The molecule has 1 aliphatic rings. The third-order valence-corrected chi connectivity index (χ3v) is 5.04. The van der Waals surface area contributed by atoms with Crippen LogP contribution in [0.3, 0.4) is 0 Å². The number of nitrogens with one attached hydrogen (secondary N) is 1. The van der Waals surface area contributed by atoms with E-state index in [1.807, 2.05) is 0 Å². The summed E-state index contributed by atoms with van der Waals surface area (Å²) in [5, 5.41) is 16.8. The minimum atomic E-state index is -0.979. The van der Waals surface area contributed by atoms with E-state index in [1.54, 1.807) is 22.8 Å². The molecular formula is C19H19F2N5O3. The fourth-order valence-electron chi connectivity index (χ4n) is 3.52. The number of carbonyl (C=O) groups is 1. The normalized spacial score (nSPS) is 19.5. The zero-order valence-electron chi connectivity index (χ0n) is 15.5. The quantitative estimate of drug-likeness (QED) is 0.696. The number of benzene rings is 1. The maximum absolute atomic E-state index is 13.7. The minimum Gasteiger partial charge on any atom is -0.465 e. The molecule has 0 bridgehead atoms. The number of carboxylic acid groups (broad SMARTS) is 1. The molecule has 2 N–H and O–H groups in total. The predicted molar refractivity (Wildman–Crippen MR) is 101 cm³/mol. The number of aromatic nitrogens is 3. The number of piperidine rings is 1. The summed E-state index contributed by atoms with van der Waals surface area (Å²) in [6.07, 6.45) is 0.915. The molecule has 3 heterocycles. The van der Waals surface area contributed by atoms with Gasteiger partial charge in [0.15, 0.2) is 17.3 Å². The van der Waals surface area contributed by atoms with Gasteiger partial charge < -0.3 is 20.1 Å². The van der Waals surface area contributed by atoms with Crippen LogP contribution in [0.4, 0.5) is 19.5 Å². The Morgan fingerprint density at radius 3 is 2.86 bits per heavy atom. The zero-order valence-corrected chi connectivity index (χ0v) is 15.5. The molecule has 2 atom stereocenters. The smallest absolute Gasteiger partial charge is 0.407 e. The van der Waals surface area contributed by atoms with E-state index in [-0.39, 0.29) is 18.7 Å². The maximum Gasteiger partial charge on any atom is 0.407 e. The van der Waals surface area contributed by atoms with Gasteiger partial charge in [0.05, 0.1) is 18.7 Å². The molecule has 1 aromatic carbocycles. The van der Waals surface area contributed by atoms with E-state index < -0.39 is 17.7 Å². The number of likely N-dealkylation sites (tertiary alicyclic amines) is 1. The van der Waals surface area contributed by atoms with Crippen LogP contribution in [-0.4, -0.2) is 63.0 Å². The summed E-state index contributed by atoms with van der Waals surface area (Å²) >= 11 is 0. The molecule has 0 radical (unpaired) electrons. The first-order valence-corrected chi connectivity index (χ1v) is 9.04. The average molecular weight is 403 g/mol. The maximum atomic E-state index is 13.7. The van der Waals surface area contributed by atoms with Crippen LogP contribution < -0.4 is 5.32 Å². The Morgan fingerprint density at radius 1 is 1.31 bits per heavy atom. The number of rotatable bonds is 4. The number of methoxy groups -OCH3 is 1. The summed E-state index contributed by atoms with van der Waals surface area (Å²) in [7, 11) is 1.53. The molecule has 3 aromatic rings. The second kappa shape index (κ2) is 7.63. The molecule has 0 aliphatic carbocycles. The van der Waals surface area contributed by atoms with Crippen LogP contribution in [0.15, 0.2) is 36.5 Å². The first-order chi connectivity index (χ1) is 14.0. The highest BCUT2D eigenvalue weighted by atomic mass is 19.2. The lowest BCUT2D eigenvalue weighted by Crippen LogP contribution is -2.52. The van der Waals surface area contributed by atoms with Gasteiger partial charge in [-0.15, -0.1) is 5.10 Å². The number of hydrogen-bond acceptors (Lipinski definition) is 5. The largest absolute Gasteiger partial charge is 0.465 e. The van der Waals surface area contributed by atoms with Gasteiger partial charge in [-0.2, -0.15) is 4.98 Å². The lowest BCUT2D eigenvalue weighted by Gasteiger charge is -2.36. The molecule has 1 saturated heterocycles. The van der Waals surface area contributed by atoms with E-state index in [0.29, 0.717) is 35.7 Å². The number of ether oxygens (including phenoxy) is 1.